The molecule has 0 heterocycles. The Hall–Kier alpha value is -4.00. The minimum Gasteiger partial charge on any atom is -0.378 e. The number of carbonyl (C=O) groups excluding carboxylic acids is 1. The topological polar surface area (TPSA) is 79.0 Å². The van der Waals surface area contributed by atoms with E-state index in [0.717, 1.165) is 22.5 Å². The van der Waals surface area contributed by atoms with E-state index >= 15 is 0 Å². The molecule has 2 aromatic rings. The molecule has 3 rings (SSSR count). The number of hydrogen-bond acceptors (Lipinski definition) is 6. The largest absolute Gasteiger partial charge is 0.378 e. The maximum absolute atomic E-state index is 12.2. The smallest absolute Gasteiger partial charge is 0.270 e. The zero-order valence-electron chi connectivity index (χ0n) is 17.9. The van der Waals surface area contributed by atoms with Gasteiger partial charge >= 0.3 is 0 Å². The lowest BCUT2D eigenvalue weighted by molar-refractivity contribution is -0.419. The first-order chi connectivity index (χ1) is 14.8. The van der Waals surface area contributed by atoms with E-state index < -0.39 is 4.92 Å². The van der Waals surface area contributed by atoms with Crippen LogP contribution >= 0.6 is 0 Å². The fraction of sp³-hybridized carbons (Fsp3) is 0.167. The first kappa shape index (κ1) is 21.7. The van der Waals surface area contributed by atoms with Gasteiger partial charge < -0.3 is 9.80 Å². The van der Waals surface area contributed by atoms with Crippen LogP contribution in [0.15, 0.2) is 89.2 Å². The highest BCUT2D eigenvalue weighted by atomic mass is 16.6. The molecule has 0 aromatic heterocycles. The monoisotopic (exact) mass is 416 g/mol. The summed E-state index contributed by atoms with van der Waals surface area (Å²) < 4.78 is 0. The van der Waals surface area contributed by atoms with Crippen LogP contribution in [0.4, 0.5) is 11.4 Å². The predicted octanol–water partition coefficient (Wildman–Crippen LogP) is 3.84. The third kappa shape index (κ3) is 5.14. The van der Waals surface area contributed by atoms with Crippen molar-refractivity contribution in [1.29, 1.82) is 0 Å². The van der Waals surface area contributed by atoms with E-state index in [1.54, 1.807) is 0 Å². The van der Waals surface area contributed by atoms with Gasteiger partial charge in [0.2, 0.25) is 0 Å². The lowest BCUT2D eigenvalue weighted by Gasteiger charge is -2.15. The number of nitro groups is 1. The number of hydrogen-bond donors (Lipinski definition) is 0. The molecular weight excluding hydrogens is 392 g/mol. The van der Waals surface area contributed by atoms with Gasteiger partial charge in [-0.2, -0.15) is 0 Å². The van der Waals surface area contributed by atoms with E-state index in [-0.39, 0.29) is 17.1 Å². The minimum absolute atomic E-state index is 0.145. The molecule has 158 valence electrons. The summed E-state index contributed by atoms with van der Waals surface area (Å²) in [6.45, 7) is 0. The average Bonchev–Trinajstić information content (AvgIpc) is 2.75. The van der Waals surface area contributed by atoms with E-state index in [0.29, 0.717) is 5.71 Å². The van der Waals surface area contributed by atoms with Crippen LogP contribution in [-0.4, -0.2) is 44.6 Å². The van der Waals surface area contributed by atoms with Crippen molar-refractivity contribution in [1.82, 2.24) is 0 Å². The maximum atomic E-state index is 12.2. The summed E-state index contributed by atoms with van der Waals surface area (Å²) in [5.41, 5.74) is 4.54. The number of aliphatic imine (C=N–C) groups is 1. The van der Waals surface area contributed by atoms with Crippen molar-refractivity contribution in [2.45, 2.75) is 0 Å². The van der Waals surface area contributed by atoms with Gasteiger partial charge in [-0.05, 0) is 30.3 Å². The van der Waals surface area contributed by atoms with Crippen molar-refractivity contribution in [3.63, 3.8) is 0 Å². The molecule has 0 atom stereocenters. The number of rotatable bonds is 6. The molecule has 2 aromatic carbocycles. The summed E-state index contributed by atoms with van der Waals surface area (Å²) in [7, 11) is 7.87. The zero-order chi connectivity index (χ0) is 22.5. The lowest BCUT2D eigenvalue weighted by atomic mass is 10.0. The van der Waals surface area contributed by atoms with Crippen molar-refractivity contribution < 1.29 is 9.72 Å². The van der Waals surface area contributed by atoms with Gasteiger partial charge in [-0.25, -0.2) is 0 Å². The molecule has 0 saturated carbocycles. The van der Waals surface area contributed by atoms with Crippen molar-refractivity contribution in [2.24, 2.45) is 4.99 Å². The molecule has 7 heteroatoms. The molecule has 0 N–H and O–H groups in total. The second-order valence-corrected chi connectivity index (χ2v) is 7.47. The summed E-state index contributed by atoms with van der Waals surface area (Å²) in [6.07, 6.45) is 5.03. The molecular formula is C24H24N4O3. The van der Waals surface area contributed by atoms with Crippen molar-refractivity contribution in [3.8, 4) is 0 Å². The first-order valence-electron chi connectivity index (χ1n) is 9.68. The number of carbonyl (C=O) groups is 1. The summed E-state index contributed by atoms with van der Waals surface area (Å²) >= 11 is 0. The predicted molar refractivity (Wildman–Crippen MR) is 124 cm³/mol. The Morgan fingerprint density at radius 3 is 1.77 bits per heavy atom. The van der Waals surface area contributed by atoms with Crippen LogP contribution in [0, 0.1) is 10.1 Å². The molecule has 0 unspecified atom stereocenters. The van der Waals surface area contributed by atoms with E-state index in [4.69, 9.17) is 0 Å². The van der Waals surface area contributed by atoms with Gasteiger partial charge in [0, 0.05) is 74.6 Å². The quantitative estimate of drug-likeness (QED) is 0.309. The molecule has 0 radical (unpaired) electrons. The number of benzene rings is 2. The van der Waals surface area contributed by atoms with Gasteiger partial charge in [0.05, 0.1) is 10.6 Å². The first-order valence-corrected chi connectivity index (χ1v) is 9.68. The second-order valence-electron chi connectivity index (χ2n) is 7.47. The van der Waals surface area contributed by atoms with Crippen molar-refractivity contribution in [2.75, 3.05) is 38.0 Å². The Morgan fingerprint density at radius 2 is 1.35 bits per heavy atom. The Morgan fingerprint density at radius 1 is 0.871 bits per heavy atom. The average molecular weight is 416 g/mol. The van der Waals surface area contributed by atoms with E-state index in [1.165, 1.54) is 24.4 Å². The third-order valence-corrected chi connectivity index (χ3v) is 4.85. The maximum Gasteiger partial charge on any atom is 0.270 e. The summed E-state index contributed by atoms with van der Waals surface area (Å²) in [5.74, 6) is -0.320. The van der Waals surface area contributed by atoms with Crippen molar-refractivity contribution >= 4 is 22.9 Å². The van der Waals surface area contributed by atoms with Gasteiger partial charge in [0.15, 0.2) is 5.78 Å². The Labute approximate surface area is 181 Å². The number of ketones is 1. The molecule has 0 bridgehead atoms. The van der Waals surface area contributed by atoms with Crippen LogP contribution in [0.3, 0.4) is 0 Å². The molecule has 1 aliphatic carbocycles. The summed E-state index contributed by atoms with van der Waals surface area (Å²) in [6, 6.07) is 15.8. The summed E-state index contributed by atoms with van der Waals surface area (Å²) in [4.78, 5) is 31.3. The number of allylic oxidation sites excluding steroid dienone is 4. The Kier molecular flexibility index (Phi) is 6.45. The molecule has 0 amide bonds. The van der Waals surface area contributed by atoms with E-state index in [1.807, 2.05) is 86.5 Å². The van der Waals surface area contributed by atoms with Crippen LogP contribution < -0.4 is 9.80 Å². The molecule has 1 aliphatic rings. The van der Waals surface area contributed by atoms with Gasteiger partial charge in [-0.1, -0.05) is 24.3 Å². The normalized spacial score (nSPS) is 14.3. The second kappa shape index (κ2) is 9.21. The minimum atomic E-state index is -0.526. The number of nitrogens with zero attached hydrogens (tertiary/aromatic N) is 4. The van der Waals surface area contributed by atoms with Crippen LogP contribution in [0.25, 0.3) is 0 Å². The Bertz CT molecular complexity index is 1050. The van der Waals surface area contributed by atoms with Crippen LogP contribution in [0.5, 0.6) is 0 Å². The zero-order valence-corrected chi connectivity index (χ0v) is 17.9. The third-order valence-electron chi connectivity index (χ3n) is 4.85. The van der Waals surface area contributed by atoms with E-state index in [2.05, 4.69) is 4.99 Å². The highest BCUT2D eigenvalue weighted by molar-refractivity contribution is 6.14. The van der Waals surface area contributed by atoms with Crippen LogP contribution in [-0.2, 0) is 4.79 Å². The fourth-order valence-corrected chi connectivity index (χ4v) is 3.04. The van der Waals surface area contributed by atoms with Gasteiger partial charge in [-0.3, -0.25) is 19.9 Å². The molecule has 0 fully saturated rings. The number of anilines is 2. The van der Waals surface area contributed by atoms with Gasteiger partial charge in [0.1, 0.15) is 0 Å². The molecule has 0 aliphatic heterocycles. The molecule has 0 saturated heterocycles. The van der Waals surface area contributed by atoms with Crippen LogP contribution in [0.2, 0.25) is 0 Å². The molecule has 0 spiro atoms. The SMILES string of the molecule is CN(C)c1ccc(C(=N/C=C2\C=C([N+](=O)[O-])C=CC2=O)c2ccc(N(C)C)cc2)cc1. The Balaban J connectivity index is 2.08. The highest BCUT2D eigenvalue weighted by Gasteiger charge is 2.17. The van der Waals surface area contributed by atoms with Crippen LogP contribution in [0.1, 0.15) is 11.1 Å². The van der Waals surface area contributed by atoms with Gasteiger partial charge in [-0.15, -0.1) is 0 Å². The lowest BCUT2D eigenvalue weighted by Crippen LogP contribution is -2.11. The van der Waals surface area contributed by atoms with Gasteiger partial charge in [0.25, 0.3) is 5.70 Å². The highest BCUT2D eigenvalue weighted by Crippen LogP contribution is 2.20. The molecule has 31 heavy (non-hydrogen) atoms. The molecule has 7 nitrogen and oxygen atoms in total. The summed E-state index contributed by atoms with van der Waals surface area (Å²) in [5, 5.41) is 11.1. The van der Waals surface area contributed by atoms with E-state index in [9.17, 15) is 14.9 Å². The standard InChI is InChI=1S/C24H24N4O3/c1-26(2)20-9-5-17(6-10-20)24(18-7-11-21(12-8-18)27(3)4)25-16-19-15-22(28(30)31)13-14-23(19)29/h5-16H,1-4H3/b19-16+. The fourth-order valence-electron chi connectivity index (χ4n) is 3.04. The van der Waals surface area contributed by atoms with Crippen molar-refractivity contribution in [3.05, 3.63) is 105 Å².